The van der Waals surface area contributed by atoms with Crippen molar-refractivity contribution >= 4 is 17.6 Å². The van der Waals surface area contributed by atoms with Crippen molar-refractivity contribution in [3.63, 3.8) is 0 Å². The summed E-state index contributed by atoms with van der Waals surface area (Å²) in [6, 6.07) is 1.50. The van der Waals surface area contributed by atoms with Crippen LogP contribution in [0.5, 0.6) is 0 Å². The standard InChI is InChI=1S/C10H11ClO2/c1-5-6(2)8(10(12)13)4-9(11)7(5)3/h4H,1-3H3,(H,12,13). The van der Waals surface area contributed by atoms with E-state index in [0.717, 1.165) is 16.7 Å². The van der Waals surface area contributed by atoms with Gasteiger partial charge >= 0.3 is 5.97 Å². The average Bonchev–Trinajstić information content (AvgIpc) is 2.07. The van der Waals surface area contributed by atoms with Crippen LogP contribution < -0.4 is 0 Å². The SMILES string of the molecule is Cc1c(Cl)cc(C(=O)O)c(C)c1C. The predicted octanol–water partition coefficient (Wildman–Crippen LogP) is 2.96. The van der Waals surface area contributed by atoms with Crippen molar-refractivity contribution in [1.82, 2.24) is 0 Å². The maximum Gasteiger partial charge on any atom is 0.336 e. The Morgan fingerprint density at radius 1 is 1.23 bits per heavy atom. The third-order valence-electron chi connectivity index (χ3n) is 2.39. The van der Waals surface area contributed by atoms with Gasteiger partial charge in [-0.25, -0.2) is 4.79 Å². The van der Waals surface area contributed by atoms with E-state index in [1.165, 1.54) is 6.07 Å². The van der Waals surface area contributed by atoms with E-state index in [1.807, 2.05) is 13.8 Å². The van der Waals surface area contributed by atoms with Gasteiger partial charge in [0.15, 0.2) is 0 Å². The number of carboxylic acid groups (broad SMARTS) is 1. The summed E-state index contributed by atoms with van der Waals surface area (Å²) in [7, 11) is 0. The lowest BCUT2D eigenvalue weighted by Gasteiger charge is -2.09. The van der Waals surface area contributed by atoms with Crippen LogP contribution in [0.4, 0.5) is 0 Å². The highest BCUT2D eigenvalue weighted by Crippen LogP contribution is 2.25. The molecule has 0 fully saturated rings. The van der Waals surface area contributed by atoms with Gasteiger partial charge in [-0.1, -0.05) is 11.6 Å². The van der Waals surface area contributed by atoms with E-state index in [1.54, 1.807) is 6.92 Å². The summed E-state index contributed by atoms with van der Waals surface area (Å²) < 4.78 is 0. The molecule has 0 aliphatic carbocycles. The van der Waals surface area contributed by atoms with E-state index < -0.39 is 5.97 Å². The zero-order valence-electron chi connectivity index (χ0n) is 7.81. The molecule has 0 heterocycles. The van der Waals surface area contributed by atoms with Gasteiger partial charge in [0.2, 0.25) is 0 Å². The maximum atomic E-state index is 10.8. The van der Waals surface area contributed by atoms with Crippen LogP contribution in [-0.2, 0) is 0 Å². The first-order valence-corrected chi connectivity index (χ1v) is 4.32. The quantitative estimate of drug-likeness (QED) is 0.754. The summed E-state index contributed by atoms with van der Waals surface area (Å²) in [5.41, 5.74) is 2.97. The summed E-state index contributed by atoms with van der Waals surface area (Å²) in [5.74, 6) is -0.928. The second-order valence-electron chi connectivity index (χ2n) is 3.09. The molecule has 0 bridgehead atoms. The molecule has 0 saturated carbocycles. The Kier molecular flexibility index (Phi) is 2.62. The van der Waals surface area contributed by atoms with Crippen molar-refractivity contribution in [1.29, 1.82) is 0 Å². The van der Waals surface area contributed by atoms with Gasteiger partial charge in [0.05, 0.1) is 5.56 Å². The van der Waals surface area contributed by atoms with Gasteiger partial charge < -0.3 is 5.11 Å². The molecular formula is C10H11ClO2. The van der Waals surface area contributed by atoms with Gasteiger partial charge in [-0.2, -0.15) is 0 Å². The van der Waals surface area contributed by atoms with E-state index in [9.17, 15) is 4.79 Å². The van der Waals surface area contributed by atoms with Gasteiger partial charge in [-0.05, 0) is 43.5 Å². The molecule has 0 aliphatic heterocycles. The molecular weight excluding hydrogens is 188 g/mol. The molecule has 0 amide bonds. The summed E-state index contributed by atoms with van der Waals surface area (Å²) in [6.07, 6.45) is 0. The number of hydrogen-bond acceptors (Lipinski definition) is 1. The second-order valence-corrected chi connectivity index (χ2v) is 3.49. The zero-order chi connectivity index (χ0) is 10.2. The largest absolute Gasteiger partial charge is 0.478 e. The number of carboxylic acids is 1. The minimum Gasteiger partial charge on any atom is -0.478 e. The first-order chi connectivity index (χ1) is 5.95. The van der Waals surface area contributed by atoms with E-state index in [2.05, 4.69) is 0 Å². The smallest absolute Gasteiger partial charge is 0.336 e. The fraction of sp³-hybridized carbons (Fsp3) is 0.300. The minimum absolute atomic E-state index is 0.285. The summed E-state index contributed by atoms with van der Waals surface area (Å²) >= 11 is 5.87. The van der Waals surface area contributed by atoms with Crippen LogP contribution in [0.15, 0.2) is 6.07 Å². The van der Waals surface area contributed by atoms with Crippen molar-refractivity contribution in [2.45, 2.75) is 20.8 Å². The Balaban J connectivity index is 3.50. The van der Waals surface area contributed by atoms with Crippen molar-refractivity contribution < 1.29 is 9.90 Å². The van der Waals surface area contributed by atoms with Gasteiger partial charge in [0.1, 0.15) is 0 Å². The molecule has 0 atom stereocenters. The van der Waals surface area contributed by atoms with Gasteiger partial charge in [-0.3, -0.25) is 0 Å². The maximum absolute atomic E-state index is 10.8. The molecule has 1 aromatic rings. The minimum atomic E-state index is -0.928. The molecule has 70 valence electrons. The van der Waals surface area contributed by atoms with Gasteiger partial charge in [-0.15, -0.1) is 0 Å². The van der Waals surface area contributed by atoms with Crippen molar-refractivity contribution in [3.05, 3.63) is 33.3 Å². The van der Waals surface area contributed by atoms with Crippen LogP contribution >= 0.6 is 11.6 Å². The van der Waals surface area contributed by atoms with Crippen LogP contribution in [0.3, 0.4) is 0 Å². The predicted molar refractivity (Wildman–Crippen MR) is 52.6 cm³/mol. The first kappa shape index (κ1) is 10.1. The molecule has 0 unspecified atom stereocenters. The first-order valence-electron chi connectivity index (χ1n) is 3.94. The Labute approximate surface area is 82.2 Å². The van der Waals surface area contributed by atoms with Gasteiger partial charge in [0.25, 0.3) is 0 Å². The number of rotatable bonds is 1. The average molecular weight is 199 g/mol. The molecule has 0 aromatic heterocycles. The Hall–Kier alpha value is -1.02. The topological polar surface area (TPSA) is 37.3 Å². The van der Waals surface area contributed by atoms with E-state index in [0.29, 0.717) is 5.02 Å². The fourth-order valence-corrected chi connectivity index (χ4v) is 1.48. The molecule has 0 spiro atoms. The Bertz CT molecular complexity index is 370. The number of halogens is 1. The lowest BCUT2D eigenvalue weighted by molar-refractivity contribution is 0.0696. The summed E-state index contributed by atoms with van der Waals surface area (Å²) in [5, 5.41) is 9.36. The normalized spacial score (nSPS) is 10.2. The summed E-state index contributed by atoms with van der Waals surface area (Å²) in [6.45, 7) is 5.56. The molecule has 1 N–H and O–H groups in total. The lowest BCUT2D eigenvalue weighted by atomic mass is 9.99. The highest BCUT2D eigenvalue weighted by atomic mass is 35.5. The van der Waals surface area contributed by atoms with Crippen molar-refractivity contribution in [2.75, 3.05) is 0 Å². The molecule has 0 radical (unpaired) electrons. The lowest BCUT2D eigenvalue weighted by Crippen LogP contribution is -2.02. The third kappa shape index (κ3) is 1.68. The molecule has 2 nitrogen and oxygen atoms in total. The number of carbonyl (C=O) groups is 1. The summed E-state index contributed by atoms with van der Waals surface area (Å²) in [4.78, 5) is 10.8. The van der Waals surface area contributed by atoms with Crippen molar-refractivity contribution in [2.24, 2.45) is 0 Å². The molecule has 0 aliphatic rings. The number of hydrogen-bond donors (Lipinski definition) is 1. The van der Waals surface area contributed by atoms with Crippen LogP contribution in [-0.4, -0.2) is 11.1 Å². The van der Waals surface area contributed by atoms with Gasteiger partial charge in [0, 0.05) is 5.02 Å². The van der Waals surface area contributed by atoms with E-state index in [4.69, 9.17) is 16.7 Å². The van der Waals surface area contributed by atoms with Crippen molar-refractivity contribution in [3.8, 4) is 0 Å². The number of benzene rings is 1. The second kappa shape index (κ2) is 3.38. The zero-order valence-corrected chi connectivity index (χ0v) is 8.57. The molecule has 1 aromatic carbocycles. The van der Waals surface area contributed by atoms with Crippen LogP contribution in [0.2, 0.25) is 5.02 Å². The Morgan fingerprint density at radius 3 is 2.23 bits per heavy atom. The number of aromatic carboxylic acids is 1. The van der Waals surface area contributed by atoms with Crippen LogP contribution in [0.1, 0.15) is 27.0 Å². The van der Waals surface area contributed by atoms with Crippen LogP contribution in [0.25, 0.3) is 0 Å². The Morgan fingerprint density at radius 2 is 1.77 bits per heavy atom. The van der Waals surface area contributed by atoms with Crippen LogP contribution in [0, 0.1) is 20.8 Å². The monoisotopic (exact) mass is 198 g/mol. The third-order valence-corrected chi connectivity index (χ3v) is 2.78. The van der Waals surface area contributed by atoms with E-state index >= 15 is 0 Å². The molecule has 3 heteroatoms. The molecule has 1 rings (SSSR count). The fourth-order valence-electron chi connectivity index (χ4n) is 1.23. The highest BCUT2D eigenvalue weighted by Gasteiger charge is 2.12. The van der Waals surface area contributed by atoms with E-state index in [-0.39, 0.29) is 5.56 Å². The molecule has 13 heavy (non-hydrogen) atoms. The molecule has 0 saturated heterocycles. The highest BCUT2D eigenvalue weighted by molar-refractivity contribution is 6.31.